The number of fused-ring (bicyclic) bond motifs is 1. The summed E-state index contributed by atoms with van der Waals surface area (Å²) in [7, 11) is 0. The van der Waals surface area contributed by atoms with Crippen LogP contribution in [0.2, 0.25) is 0 Å². The Kier molecular flexibility index (Phi) is 3.35. The van der Waals surface area contributed by atoms with Gasteiger partial charge in [-0.2, -0.15) is 0 Å². The first kappa shape index (κ1) is 12.5. The average molecular weight is 251 g/mol. The summed E-state index contributed by atoms with van der Waals surface area (Å²) in [5.41, 5.74) is 0. The SMILES string of the molecule is CCCC(C(=O)O)N1CC2CC3CC(C2)CC1C3. The Bertz CT molecular complexity index is 316. The Morgan fingerprint density at radius 3 is 2.33 bits per heavy atom. The highest BCUT2D eigenvalue weighted by molar-refractivity contribution is 5.73. The molecule has 2 saturated carbocycles. The van der Waals surface area contributed by atoms with Crippen molar-refractivity contribution in [3.63, 3.8) is 0 Å². The Hall–Kier alpha value is -0.570. The Balaban J connectivity index is 1.81. The molecule has 4 fully saturated rings. The van der Waals surface area contributed by atoms with Crippen LogP contribution in [0.15, 0.2) is 0 Å². The second-order valence-electron chi connectivity index (χ2n) is 6.77. The molecular weight excluding hydrogens is 226 g/mol. The number of hydrogen-bond acceptors (Lipinski definition) is 2. The number of nitrogens with zero attached hydrogens (tertiary/aromatic N) is 1. The molecule has 2 aliphatic carbocycles. The van der Waals surface area contributed by atoms with Gasteiger partial charge in [0, 0.05) is 12.6 Å². The van der Waals surface area contributed by atoms with Crippen LogP contribution in [0, 0.1) is 17.8 Å². The first-order chi connectivity index (χ1) is 8.67. The van der Waals surface area contributed by atoms with E-state index in [1.54, 1.807) is 0 Å². The normalized spacial score (nSPS) is 40.7. The lowest BCUT2D eigenvalue weighted by molar-refractivity contribution is -0.145. The summed E-state index contributed by atoms with van der Waals surface area (Å²) in [5.74, 6) is 1.97. The van der Waals surface area contributed by atoms with Crippen molar-refractivity contribution >= 4 is 5.97 Å². The van der Waals surface area contributed by atoms with Crippen LogP contribution < -0.4 is 0 Å². The first-order valence-corrected chi connectivity index (χ1v) is 7.66. The molecular formula is C15H25NO2. The molecule has 0 aromatic carbocycles. The molecule has 2 saturated heterocycles. The lowest BCUT2D eigenvalue weighted by atomic mass is 9.68. The van der Waals surface area contributed by atoms with Crippen LogP contribution in [0.3, 0.4) is 0 Å². The lowest BCUT2D eigenvalue weighted by Gasteiger charge is -2.40. The first-order valence-electron chi connectivity index (χ1n) is 7.66. The quantitative estimate of drug-likeness (QED) is 0.835. The smallest absolute Gasteiger partial charge is 0.320 e. The highest BCUT2D eigenvalue weighted by Gasteiger charge is 2.45. The van der Waals surface area contributed by atoms with Gasteiger partial charge in [-0.1, -0.05) is 13.3 Å². The number of rotatable bonds is 4. The summed E-state index contributed by atoms with van der Waals surface area (Å²) in [4.78, 5) is 13.9. The summed E-state index contributed by atoms with van der Waals surface area (Å²) in [6, 6.07) is 0.340. The zero-order valence-corrected chi connectivity index (χ0v) is 11.3. The molecule has 0 radical (unpaired) electrons. The molecule has 0 aromatic rings. The molecule has 2 aliphatic heterocycles. The van der Waals surface area contributed by atoms with E-state index in [1.807, 2.05) is 0 Å². The summed E-state index contributed by atoms with van der Waals surface area (Å²) in [5, 5.41) is 9.50. The average Bonchev–Trinajstić information content (AvgIpc) is 2.50. The molecule has 3 heteroatoms. The monoisotopic (exact) mass is 251 g/mol. The van der Waals surface area contributed by atoms with Gasteiger partial charge in [-0.3, -0.25) is 9.69 Å². The molecule has 0 aromatic heterocycles. The number of carboxylic acid groups (broad SMARTS) is 1. The van der Waals surface area contributed by atoms with Crippen LogP contribution in [0.5, 0.6) is 0 Å². The van der Waals surface area contributed by atoms with Crippen molar-refractivity contribution < 1.29 is 9.90 Å². The van der Waals surface area contributed by atoms with Gasteiger partial charge in [0.2, 0.25) is 0 Å². The van der Waals surface area contributed by atoms with E-state index in [2.05, 4.69) is 11.8 Å². The molecule has 4 rings (SSSR count). The molecule has 0 spiro atoms. The third-order valence-corrected chi connectivity index (χ3v) is 5.40. The summed E-state index contributed by atoms with van der Waals surface area (Å²) in [6.07, 6.45) is 8.46. The van der Waals surface area contributed by atoms with Crippen molar-refractivity contribution in [2.75, 3.05) is 6.54 Å². The maximum atomic E-state index is 11.5. The number of aliphatic carboxylic acids is 1. The molecule has 3 atom stereocenters. The Morgan fingerprint density at radius 1 is 1.17 bits per heavy atom. The minimum atomic E-state index is -0.599. The van der Waals surface area contributed by atoms with Crippen LogP contribution in [-0.2, 0) is 4.79 Å². The molecule has 4 aliphatic rings. The largest absolute Gasteiger partial charge is 0.480 e. The van der Waals surface area contributed by atoms with Crippen molar-refractivity contribution in [1.29, 1.82) is 0 Å². The zero-order valence-electron chi connectivity index (χ0n) is 11.3. The second kappa shape index (κ2) is 4.84. The van der Waals surface area contributed by atoms with Gasteiger partial charge >= 0.3 is 5.97 Å². The van der Waals surface area contributed by atoms with Crippen LogP contribution in [0.1, 0.15) is 51.9 Å². The highest BCUT2D eigenvalue weighted by Crippen LogP contribution is 2.48. The number of carbonyl (C=O) groups is 1. The molecule has 1 N–H and O–H groups in total. The summed E-state index contributed by atoms with van der Waals surface area (Å²) < 4.78 is 0. The maximum absolute atomic E-state index is 11.5. The molecule has 2 heterocycles. The van der Waals surface area contributed by atoms with Crippen molar-refractivity contribution in [1.82, 2.24) is 4.90 Å². The van der Waals surface area contributed by atoms with E-state index in [4.69, 9.17) is 0 Å². The van der Waals surface area contributed by atoms with Gasteiger partial charge in [0.05, 0.1) is 0 Å². The molecule has 0 amide bonds. The molecule has 3 unspecified atom stereocenters. The molecule has 4 bridgehead atoms. The number of hydrogen-bond donors (Lipinski definition) is 1. The standard InChI is InChI=1S/C15H25NO2/c1-2-3-14(15(17)18)16-9-12-5-10-4-11(6-12)8-13(16)7-10/h10-14H,2-9H2,1H3,(H,17,18). The van der Waals surface area contributed by atoms with E-state index < -0.39 is 5.97 Å². The van der Waals surface area contributed by atoms with Gasteiger partial charge in [0.15, 0.2) is 0 Å². The minimum absolute atomic E-state index is 0.224. The highest BCUT2D eigenvalue weighted by atomic mass is 16.4. The van der Waals surface area contributed by atoms with E-state index in [0.717, 1.165) is 37.1 Å². The third-order valence-electron chi connectivity index (χ3n) is 5.40. The fourth-order valence-corrected chi connectivity index (χ4v) is 4.91. The van der Waals surface area contributed by atoms with E-state index in [-0.39, 0.29) is 6.04 Å². The van der Waals surface area contributed by atoms with Gasteiger partial charge < -0.3 is 5.11 Å². The summed E-state index contributed by atoms with van der Waals surface area (Å²) >= 11 is 0. The van der Waals surface area contributed by atoms with Crippen LogP contribution in [0.4, 0.5) is 0 Å². The van der Waals surface area contributed by atoms with E-state index in [9.17, 15) is 9.90 Å². The Labute approximate surface area is 110 Å². The van der Waals surface area contributed by atoms with Crippen LogP contribution >= 0.6 is 0 Å². The van der Waals surface area contributed by atoms with Crippen molar-refractivity contribution in [2.24, 2.45) is 17.8 Å². The van der Waals surface area contributed by atoms with Crippen molar-refractivity contribution in [3.05, 3.63) is 0 Å². The Morgan fingerprint density at radius 2 is 1.78 bits per heavy atom. The van der Waals surface area contributed by atoms with E-state index >= 15 is 0 Å². The minimum Gasteiger partial charge on any atom is -0.480 e. The fourth-order valence-electron chi connectivity index (χ4n) is 4.91. The maximum Gasteiger partial charge on any atom is 0.320 e. The lowest BCUT2D eigenvalue weighted by Crippen LogP contribution is -2.48. The van der Waals surface area contributed by atoms with Gasteiger partial charge in [0.25, 0.3) is 0 Å². The van der Waals surface area contributed by atoms with Crippen molar-refractivity contribution in [3.8, 4) is 0 Å². The van der Waals surface area contributed by atoms with Gasteiger partial charge in [-0.15, -0.1) is 0 Å². The molecule has 3 nitrogen and oxygen atoms in total. The fraction of sp³-hybridized carbons (Fsp3) is 0.933. The molecule has 102 valence electrons. The number of carboxylic acids is 1. The molecule has 18 heavy (non-hydrogen) atoms. The second-order valence-corrected chi connectivity index (χ2v) is 6.77. The zero-order chi connectivity index (χ0) is 12.7. The predicted octanol–water partition coefficient (Wildman–Crippen LogP) is 2.75. The van der Waals surface area contributed by atoms with Crippen LogP contribution in [-0.4, -0.2) is 34.6 Å². The van der Waals surface area contributed by atoms with Gasteiger partial charge in [-0.05, 0) is 56.3 Å². The van der Waals surface area contributed by atoms with Gasteiger partial charge in [-0.25, -0.2) is 0 Å². The predicted molar refractivity (Wildman–Crippen MR) is 70.4 cm³/mol. The third kappa shape index (κ3) is 2.18. The van der Waals surface area contributed by atoms with E-state index in [0.29, 0.717) is 6.04 Å². The van der Waals surface area contributed by atoms with Crippen molar-refractivity contribution in [2.45, 2.75) is 64.0 Å². The van der Waals surface area contributed by atoms with Gasteiger partial charge in [0.1, 0.15) is 6.04 Å². The van der Waals surface area contributed by atoms with Crippen LogP contribution in [0.25, 0.3) is 0 Å². The summed E-state index contributed by atoms with van der Waals surface area (Å²) in [6.45, 7) is 3.14. The topological polar surface area (TPSA) is 40.5 Å². The van der Waals surface area contributed by atoms with E-state index in [1.165, 1.54) is 32.1 Å².